The van der Waals surface area contributed by atoms with Crippen molar-refractivity contribution in [2.75, 3.05) is 6.54 Å². The van der Waals surface area contributed by atoms with Gasteiger partial charge in [-0.25, -0.2) is 0 Å². The van der Waals surface area contributed by atoms with Crippen LogP contribution in [0.4, 0.5) is 0 Å². The molecule has 1 unspecified atom stereocenters. The van der Waals surface area contributed by atoms with Gasteiger partial charge in [-0.3, -0.25) is 4.79 Å². The standard InChI is InChI=1S/C23H24BrN3O2/c1-23(2,3)17-10-6-16(7-11-17)22(28)27-14-4-5-19(27)21-25-20(26-29-21)15-8-12-18(24)13-9-15/h6-13,19H,4-5,14H2,1-3H3. The van der Waals surface area contributed by atoms with Crippen LogP contribution in [0, 0.1) is 0 Å². The van der Waals surface area contributed by atoms with E-state index >= 15 is 0 Å². The van der Waals surface area contributed by atoms with Gasteiger partial charge in [0, 0.05) is 22.1 Å². The molecule has 1 atom stereocenters. The van der Waals surface area contributed by atoms with Gasteiger partial charge in [-0.2, -0.15) is 4.98 Å². The Morgan fingerprint density at radius 3 is 2.45 bits per heavy atom. The van der Waals surface area contributed by atoms with Gasteiger partial charge in [-0.05, 0) is 60.2 Å². The predicted molar refractivity (Wildman–Crippen MR) is 116 cm³/mol. The molecule has 1 amide bonds. The van der Waals surface area contributed by atoms with Crippen LogP contribution in [-0.2, 0) is 5.41 Å². The van der Waals surface area contributed by atoms with Gasteiger partial charge in [-0.15, -0.1) is 0 Å². The van der Waals surface area contributed by atoms with Crippen molar-refractivity contribution in [3.05, 3.63) is 70.0 Å². The minimum absolute atomic E-state index is 0.0105. The van der Waals surface area contributed by atoms with Crippen LogP contribution in [0.25, 0.3) is 11.4 Å². The summed E-state index contributed by atoms with van der Waals surface area (Å²) in [5.74, 6) is 1.05. The molecule has 0 aliphatic carbocycles. The quantitative estimate of drug-likeness (QED) is 0.504. The minimum atomic E-state index is -0.179. The number of carbonyl (C=O) groups excluding carboxylic acids is 1. The molecule has 1 aliphatic rings. The summed E-state index contributed by atoms with van der Waals surface area (Å²) in [4.78, 5) is 19.6. The predicted octanol–water partition coefficient (Wildman–Crippen LogP) is 5.77. The van der Waals surface area contributed by atoms with Crippen molar-refractivity contribution in [1.29, 1.82) is 0 Å². The number of hydrogen-bond acceptors (Lipinski definition) is 4. The molecule has 1 aromatic heterocycles. The molecule has 29 heavy (non-hydrogen) atoms. The fraction of sp³-hybridized carbons (Fsp3) is 0.348. The van der Waals surface area contributed by atoms with Crippen molar-refractivity contribution in [3.63, 3.8) is 0 Å². The zero-order chi connectivity index (χ0) is 20.6. The smallest absolute Gasteiger partial charge is 0.254 e. The Kier molecular flexibility index (Phi) is 5.30. The molecule has 0 saturated carbocycles. The number of likely N-dealkylation sites (tertiary alicyclic amines) is 1. The van der Waals surface area contributed by atoms with Crippen LogP contribution in [0.15, 0.2) is 57.5 Å². The van der Waals surface area contributed by atoms with E-state index in [1.54, 1.807) is 0 Å². The van der Waals surface area contributed by atoms with Crippen molar-refractivity contribution in [2.45, 2.75) is 45.1 Å². The van der Waals surface area contributed by atoms with Crippen molar-refractivity contribution in [3.8, 4) is 11.4 Å². The normalized spacial score (nSPS) is 17.0. The van der Waals surface area contributed by atoms with Crippen molar-refractivity contribution in [1.82, 2.24) is 15.0 Å². The summed E-state index contributed by atoms with van der Waals surface area (Å²) in [5.41, 5.74) is 2.85. The summed E-state index contributed by atoms with van der Waals surface area (Å²) in [7, 11) is 0. The molecule has 1 saturated heterocycles. The van der Waals surface area contributed by atoms with E-state index in [4.69, 9.17) is 4.52 Å². The third kappa shape index (κ3) is 4.13. The number of carbonyl (C=O) groups is 1. The van der Waals surface area contributed by atoms with Crippen molar-refractivity contribution in [2.24, 2.45) is 0 Å². The van der Waals surface area contributed by atoms with Crippen LogP contribution in [0.3, 0.4) is 0 Å². The molecule has 3 aromatic rings. The molecular formula is C23H24BrN3O2. The lowest BCUT2D eigenvalue weighted by molar-refractivity contribution is 0.0710. The Labute approximate surface area is 179 Å². The highest BCUT2D eigenvalue weighted by Crippen LogP contribution is 2.33. The van der Waals surface area contributed by atoms with Crippen molar-refractivity contribution < 1.29 is 9.32 Å². The summed E-state index contributed by atoms with van der Waals surface area (Å²) in [6, 6.07) is 15.5. The second-order valence-corrected chi connectivity index (χ2v) is 9.36. The Balaban J connectivity index is 1.55. The second kappa shape index (κ2) is 7.75. The van der Waals surface area contributed by atoms with E-state index in [1.807, 2.05) is 53.4 Å². The molecule has 0 radical (unpaired) electrons. The Bertz CT molecular complexity index is 1000. The number of rotatable bonds is 3. The lowest BCUT2D eigenvalue weighted by Crippen LogP contribution is -2.30. The van der Waals surface area contributed by atoms with Crippen molar-refractivity contribution >= 4 is 21.8 Å². The van der Waals surface area contributed by atoms with Gasteiger partial charge < -0.3 is 9.42 Å². The van der Waals surface area contributed by atoms with Crippen LogP contribution >= 0.6 is 15.9 Å². The lowest BCUT2D eigenvalue weighted by Gasteiger charge is -2.23. The first kappa shape index (κ1) is 19.8. The number of hydrogen-bond donors (Lipinski definition) is 0. The molecule has 0 spiro atoms. The highest BCUT2D eigenvalue weighted by atomic mass is 79.9. The fourth-order valence-electron chi connectivity index (χ4n) is 3.63. The third-order valence-electron chi connectivity index (χ3n) is 5.34. The molecule has 6 heteroatoms. The summed E-state index contributed by atoms with van der Waals surface area (Å²) in [6.45, 7) is 7.19. The van der Waals surface area contributed by atoms with Gasteiger partial charge >= 0.3 is 0 Å². The van der Waals surface area contributed by atoms with E-state index in [2.05, 4.69) is 46.8 Å². The highest BCUT2D eigenvalue weighted by molar-refractivity contribution is 9.10. The maximum absolute atomic E-state index is 13.1. The molecule has 1 aliphatic heterocycles. The largest absolute Gasteiger partial charge is 0.337 e. The topological polar surface area (TPSA) is 59.2 Å². The lowest BCUT2D eigenvalue weighted by atomic mass is 9.86. The second-order valence-electron chi connectivity index (χ2n) is 8.45. The van der Waals surface area contributed by atoms with E-state index in [0.717, 1.165) is 22.9 Å². The van der Waals surface area contributed by atoms with E-state index in [9.17, 15) is 4.79 Å². The van der Waals surface area contributed by atoms with Gasteiger partial charge in [0.1, 0.15) is 6.04 Å². The first-order valence-corrected chi connectivity index (χ1v) is 10.6. The SMILES string of the molecule is CC(C)(C)c1ccc(C(=O)N2CCCC2c2nc(-c3ccc(Br)cc3)no2)cc1. The van der Waals surface area contributed by atoms with Crippen LogP contribution < -0.4 is 0 Å². The van der Waals surface area contributed by atoms with Crippen LogP contribution in [-0.4, -0.2) is 27.5 Å². The zero-order valence-electron chi connectivity index (χ0n) is 16.9. The van der Waals surface area contributed by atoms with Gasteiger partial charge in [-0.1, -0.05) is 54.0 Å². The Morgan fingerprint density at radius 2 is 1.79 bits per heavy atom. The molecule has 0 bridgehead atoms. The molecule has 5 nitrogen and oxygen atoms in total. The maximum Gasteiger partial charge on any atom is 0.254 e. The molecule has 1 fully saturated rings. The van der Waals surface area contributed by atoms with E-state index in [1.165, 1.54) is 5.56 Å². The minimum Gasteiger partial charge on any atom is -0.337 e. The number of aromatic nitrogens is 2. The average Bonchev–Trinajstić information content (AvgIpc) is 3.37. The summed E-state index contributed by atoms with van der Waals surface area (Å²) < 4.78 is 6.54. The van der Waals surface area contributed by atoms with Gasteiger partial charge in [0.25, 0.3) is 5.91 Å². The first-order chi connectivity index (χ1) is 13.8. The zero-order valence-corrected chi connectivity index (χ0v) is 18.4. The summed E-state index contributed by atoms with van der Waals surface area (Å²) in [6.07, 6.45) is 1.75. The van der Waals surface area contributed by atoms with E-state index in [0.29, 0.717) is 23.8 Å². The number of amides is 1. The van der Waals surface area contributed by atoms with E-state index in [-0.39, 0.29) is 17.4 Å². The number of nitrogens with zero attached hydrogens (tertiary/aromatic N) is 3. The average molecular weight is 454 g/mol. The molecule has 4 rings (SSSR count). The number of halogens is 1. The van der Waals surface area contributed by atoms with E-state index < -0.39 is 0 Å². The molecule has 2 heterocycles. The fourth-order valence-corrected chi connectivity index (χ4v) is 3.90. The molecular weight excluding hydrogens is 430 g/mol. The first-order valence-electron chi connectivity index (χ1n) is 9.84. The molecule has 0 N–H and O–H groups in total. The Hall–Kier alpha value is -2.47. The maximum atomic E-state index is 13.1. The molecule has 150 valence electrons. The summed E-state index contributed by atoms with van der Waals surface area (Å²) >= 11 is 3.43. The monoisotopic (exact) mass is 453 g/mol. The van der Waals surface area contributed by atoms with Gasteiger partial charge in [0.05, 0.1) is 0 Å². The van der Waals surface area contributed by atoms with Gasteiger partial charge in [0.2, 0.25) is 11.7 Å². The number of benzene rings is 2. The Morgan fingerprint density at radius 1 is 1.10 bits per heavy atom. The van der Waals surface area contributed by atoms with Gasteiger partial charge in [0.15, 0.2) is 0 Å². The van der Waals surface area contributed by atoms with Crippen LogP contribution in [0.5, 0.6) is 0 Å². The van der Waals surface area contributed by atoms with Crippen LogP contribution in [0.2, 0.25) is 0 Å². The van der Waals surface area contributed by atoms with Crippen LogP contribution in [0.1, 0.15) is 61.5 Å². The highest BCUT2D eigenvalue weighted by Gasteiger charge is 2.34. The molecule has 2 aromatic carbocycles. The third-order valence-corrected chi connectivity index (χ3v) is 5.87. The summed E-state index contributed by atoms with van der Waals surface area (Å²) in [5, 5.41) is 4.13.